The molecule has 116 valence electrons. The Hall–Kier alpha value is -1.96. The van der Waals surface area contributed by atoms with Gasteiger partial charge in [-0.1, -0.05) is 57.0 Å². The van der Waals surface area contributed by atoms with Gasteiger partial charge in [-0.2, -0.15) is 0 Å². The Labute approximate surface area is 132 Å². The maximum absolute atomic E-state index is 14.2. The van der Waals surface area contributed by atoms with Crippen LogP contribution in [0.5, 0.6) is 0 Å². The van der Waals surface area contributed by atoms with Gasteiger partial charge in [0.15, 0.2) is 5.78 Å². The number of rotatable bonds is 7. The van der Waals surface area contributed by atoms with Crippen LogP contribution in [-0.2, 0) is 6.42 Å². The second kappa shape index (κ2) is 7.88. The quantitative estimate of drug-likeness (QED) is 0.589. The van der Waals surface area contributed by atoms with Gasteiger partial charge < -0.3 is 0 Å². The molecular formula is C20H23FO. The zero-order chi connectivity index (χ0) is 15.9. The van der Waals surface area contributed by atoms with E-state index in [-0.39, 0.29) is 11.3 Å². The van der Waals surface area contributed by atoms with E-state index in [9.17, 15) is 9.18 Å². The number of hydrogen-bond acceptors (Lipinski definition) is 1. The Morgan fingerprint density at radius 1 is 0.955 bits per heavy atom. The van der Waals surface area contributed by atoms with Crippen molar-refractivity contribution in [3.8, 4) is 11.1 Å². The number of carbonyl (C=O) groups is 1. The van der Waals surface area contributed by atoms with Crippen molar-refractivity contribution >= 4 is 5.78 Å². The van der Waals surface area contributed by atoms with Gasteiger partial charge in [-0.05, 0) is 41.7 Å². The van der Waals surface area contributed by atoms with E-state index in [2.05, 4.69) is 19.1 Å². The first-order chi connectivity index (χ1) is 10.7. The van der Waals surface area contributed by atoms with Gasteiger partial charge >= 0.3 is 0 Å². The third kappa shape index (κ3) is 4.03. The summed E-state index contributed by atoms with van der Waals surface area (Å²) >= 11 is 0. The normalized spacial score (nSPS) is 10.7. The van der Waals surface area contributed by atoms with Crippen LogP contribution in [0.3, 0.4) is 0 Å². The van der Waals surface area contributed by atoms with Crippen molar-refractivity contribution in [3.05, 3.63) is 59.4 Å². The molecule has 0 heterocycles. The summed E-state index contributed by atoms with van der Waals surface area (Å²) in [5.41, 5.74) is 3.29. The smallest absolute Gasteiger partial charge is 0.165 e. The minimum Gasteiger partial charge on any atom is -0.294 e. The summed E-state index contributed by atoms with van der Waals surface area (Å²) in [7, 11) is 0. The van der Waals surface area contributed by atoms with Crippen molar-refractivity contribution in [2.75, 3.05) is 0 Å². The summed E-state index contributed by atoms with van der Waals surface area (Å²) in [6.07, 6.45) is 4.33. The van der Waals surface area contributed by atoms with Gasteiger partial charge in [0.1, 0.15) is 5.82 Å². The molecule has 0 saturated carbocycles. The van der Waals surface area contributed by atoms with Gasteiger partial charge in [0.05, 0.1) is 5.56 Å². The molecule has 22 heavy (non-hydrogen) atoms. The van der Waals surface area contributed by atoms with Crippen molar-refractivity contribution in [1.82, 2.24) is 0 Å². The highest BCUT2D eigenvalue weighted by Gasteiger charge is 2.12. The molecule has 0 unspecified atom stereocenters. The van der Waals surface area contributed by atoms with Crippen LogP contribution in [0, 0.1) is 5.82 Å². The van der Waals surface area contributed by atoms with Crippen LogP contribution < -0.4 is 0 Å². The van der Waals surface area contributed by atoms with Crippen LogP contribution in [0.1, 0.15) is 55.5 Å². The minimum atomic E-state index is -0.420. The Kier molecular flexibility index (Phi) is 5.88. The molecule has 2 aromatic carbocycles. The minimum absolute atomic E-state index is 0.107. The first-order valence-corrected chi connectivity index (χ1v) is 8.07. The molecule has 0 spiro atoms. The van der Waals surface area contributed by atoms with E-state index in [4.69, 9.17) is 0 Å². The molecule has 2 aromatic rings. The lowest BCUT2D eigenvalue weighted by molar-refractivity contribution is 0.0976. The molecule has 2 heteroatoms. The summed E-state index contributed by atoms with van der Waals surface area (Å²) < 4.78 is 14.2. The molecule has 0 aliphatic carbocycles. The average molecular weight is 298 g/mol. The molecule has 0 radical (unpaired) electrons. The Bertz CT molecular complexity index is 629. The molecule has 0 amide bonds. The third-order valence-electron chi connectivity index (χ3n) is 3.85. The highest BCUT2D eigenvalue weighted by Crippen LogP contribution is 2.23. The average Bonchev–Trinajstić information content (AvgIpc) is 2.53. The van der Waals surface area contributed by atoms with Gasteiger partial charge in [0.2, 0.25) is 0 Å². The fraction of sp³-hybridized carbons (Fsp3) is 0.350. The van der Waals surface area contributed by atoms with Crippen LogP contribution in [-0.4, -0.2) is 5.78 Å². The van der Waals surface area contributed by atoms with Gasteiger partial charge in [-0.25, -0.2) is 4.39 Å². The molecule has 0 atom stereocenters. The van der Waals surface area contributed by atoms with E-state index in [0.717, 1.165) is 36.8 Å². The predicted octanol–water partition coefficient (Wildman–Crippen LogP) is 5.82. The zero-order valence-corrected chi connectivity index (χ0v) is 13.4. The molecule has 0 fully saturated rings. The van der Waals surface area contributed by atoms with Crippen molar-refractivity contribution in [2.45, 2.75) is 46.0 Å². The summed E-state index contributed by atoms with van der Waals surface area (Å²) in [5.74, 6) is -0.527. The van der Waals surface area contributed by atoms with Gasteiger partial charge in [0, 0.05) is 6.42 Å². The summed E-state index contributed by atoms with van der Waals surface area (Å²) in [4.78, 5) is 11.9. The number of benzene rings is 2. The second-order valence-corrected chi connectivity index (χ2v) is 5.67. The molecule has 0 bridgehead atoms. The Morgan fingerprint density at radius 2 is 1.64 bits per heavy atom. The topological polar surface area (TPSA) is 17.1 Å². The molecule has 0 aliphatic rings. The van der Waals surface area contributed by atoms with Crippen molar-refractivity contribution in [2.24, 2.45) is 0 Å². The van der Waals surface area contributed by atoms with Crippen LogP contribution in [0.15, 0.2) is 42.5 Å². The van der Waals surface area contributed by atoms with E-state index in [1.165, 1.54) is 11.6 Å². The number of unbranched alkanes of at least 4 members (excludes halogenated alkanes) is 1. The third-order valence-corrected chi connectivity index (χ3v) is 3.85. The van der Waals surface area contributed by atoms with Crippen LogP contribution in [0.4, 0.5) is 4.39 Å². The number of aryl methyl sites for hydroxylation is 1. The number of ketones is 1. The monoisotopic (exact) mass is 298 g/mol. The predicted molar refractivity (Wildman–Crippen MR) is 89.7 cm³/mol. The lowest BCUT2D eigenvalue weighted by Gasteiger charge is -2.07. The SMILES string of the molecule is CCCCC(=O)c1ccc(-c2ccc(CCC)cc2)cc1F. The highest BCUT2D eigenvalue weighted by atomic mass is 19.1. The van der Waals surface area contributed by atoms with Crippen molar-refractivity contribution in [3.63, 3.8) is 0 Å². The Morgan fingerprint density at radius 3 is 2.23 bits per heavy atom. The summed E-state index contributed by atoms with van der Waals surface area (Å²) in [6.45, 7) is 4.17. The largest absolute Gasteiger partial charge is 0.294 e. The van der Waals surface area contributed by atoms with E-state index >= 15 is 0 Å². The molecule has 0 saturated heterocycles. The first kappa shape index (κ1) is 16.4. The van der Waals surface area contributed by atoms with E-state index in [1.807, 2.05) is 25.1 Å². The van der Waals surface area contributed by atoms with Crippen LogP contribution in [0.2, 0.25) is 0 Å². The maximum Gasteiger partial charge on any atom is 0.165 e. The van der Waals surface area contributed by atoms with E-state index in [1.54, 1.807) is 6.07 Å². The molecule has 0 aliphatic heterocycles. The zero-order valence-electron chi connectivity index (χ0n) is 13.4. The van der Waals surface area contributed by atoms with Crippen molar-refractivity contribution < 1.29 is 9.18 Å². The molecule has 2 rings (SSSR count). The Balaban J connectivity index is 2.19. The van der Waals surface area contributed by atoms with Crippen molar-refractivity contribution in [1.29, 1.82) is 0 Å². The molecular weight excluding hydrogens is 275 g/mol. The fourth-order valence-corrected chi connectivity index (χ4v) is 2.55. The van der Waals surface area contributed by atoms with Gasteiger partial charge in [-0.15, -0.1) is 0 Å². The van der Waals surface area contributed by atoms with Crippen LogP contribution in [0.25, 0.3) is 11.1 Å². The first-order valence-electron chi connectivity index (χ1n) is 8.07. The lowest BCUT2D eigenvalue weighted by atomic mass is 9.98. The molecule has 1 nitrogen and oxygen atoms in total. The molecule has 0 aromatic heterocycles. The number of carbonyl (C=O) groups excluding carboxylic acids is 1. The van der Waals surface area contributed by atoms with E-state index < -0.39 is 5.82 Å². The standard InChI is InChI=1S/C20H23FO/c1-3-5-7-20(22)18-13-12-17(14-19(18)21)16-10-8-15(6-4-2)9-11-16/h8-14H,3-7H2,1-2H3. The fourth-order valence-electron chi connectivity index (χ4n) is 2.55. The second-order valence-electron chi connectivity index (χ2n) is 5.67. The van der Waals surface area contributed by atoms with Gasteiger partial charge in [0.25, 0.3) is 0 Å². The van der Waals surface area contributed by atoms with Gasteiger partial charge in [-0.3, -0.25) is 4.79 Å². The lowest BCUT2D eigenvalue weighted by Crippen LogP contribution is -2.02. The molecule has 0 N–H and O–H groups in total. The summed E-state index contributed by atoms with van der Waals surface area (Å²) in [6, 6.07) is 13.1. The maximum atomic E-state index is 14.2. The highest BCUT2D eigenvalue weighted by molar-refractivity contribution is 5.96. The number of Topliss-reactive ketones (excluding diaryl/α,β-unsaturated/α-hetero) is 1. The number of hydrogen-bond donors (Lipinski definition) is 0. The van der Waals surface area contributed by atoms with E-state index in [0.29, 0.717) is 6.42 Å². The van der Waals surface area contributed by atoms with Crippen LogP contribution >= 0.6 is 0 Å². The number of halogens is 1. The summed E-state index contributed by atoms with van der Waals surface area (Å²) in [5, 5.41) is 0.